The summed E-state index contributed by atoms with van der Waals surface area (Å²) in [4.78, 5) is 17.2. The van der Waals surface area contributed by atoms with E-state index in [-0.39, 0.29) is 5.82 Å². The third-order valence-electron chi connectivity index (χ3n) is 7.58. The largest absolute Gasteiger partial charge is 0.342 e. The van der Waals surface area contributed by atoms with E-state index in [2.05, 4.69) is 52.2 Å². The van der Waals surface area contributed by atoms with Gasteiger partial charge in [0.05, 0.1) is 16.6 Å². The van der Waals surface area contributed by atoms with Crippen molar-refractivity contribution in [3.05, 3.63) is 90.4 Å². The monoisotopic (exact) mass is 450 g/mol. The lowest BCUT2D eigenvalue weighted by atomic mass is 9.73. The van der Waals surface area contributed by atoms with Gasteiger partial charge < -0.3 is 4.98 Å². The Kier molecular flexibility index (Phi) is 5.33. The highest BCUT2D eigenvalue weighted by molar-refractivity contribution is 5.83. The minimum Gasteiger partial charge on any atom is -0.342 e. The van der Waals surface area contributed by atoms with Gasteiger partial charge in [0.1, 0.15) is 11.6 Å². The normalized spacial score (nSPS) is 19.5. The van der Waals surface area contributed by atoms with Crippen molar-refractivity contribution in [3.63, 3.8) is 0 Å². The molecule has 170 valence electrons. The van der Waals surface area contributed by atoms with E-state index in [0.29, 0.717) is 17.8 Å². The SMILES string of the molecule is C[C@H](c1nc2ccc(-c3cccnc3)cc2[nH]1)[C@H]1CC[C@@H](c2ccnc3ccc(F)cc32)CC1. The number of nitrogens with zero attached hydrogens (tertiary/aromatic N) is 3. The van der Waals surface area contributed by atoms with E-state index in [4.69, 9.17) is 4.98 Å². The summed E-state index contributed by atoms with van der Waals surface area (Å²) in [5, 5.41) is 0.959. The molecule has 1 saturated carbocycles. The van der Waals surface area contributed by atoms with Crippen LogP contribution in [0.1, 0.15) is 55.8 Å². The number of H-pyrrole nitrogens is 1. The zero-order valence-corrected chi connectivity index (χ0v) is 19.2. The highest BCUT2D eigenvalue weighted by Crippen LogP contribution is 2.43. The average Bonchev–Trinajstić information content (AvgIpc) is 3.32. The summed E-state index contributed by atoms with van der Waals surface area (Å²) in [7, 11) is 0. The molecular formula is C29H27FN4. The average molecular weight is 451 g/mol. The van der Waals surface area contributed by atoms with Crippen LogP contribution < -0.4 is 0 Å². The third kappa shape index (κ3) is 3.85. The van der Waals surface area contributed by atoms with Gasteiger partial charge in [0.25, 0.3) is 0 Å². The van der Waals surface area contributed by atoms with Crippen molar-refractivity contribution in [2.75, 3.05) is 0 Å². The van der Waals surface area contributed by atoms with Crippen LogP contribution in [0, 0.1) is 11.7 Å². The number of hydrogen-bond donors (Lipinski definition) is 1. The van der Waals surface area contributed by atoms with E-state index >= 15 is 0 Å². The zero-order chi connectivity index (χ0) is 23.1. The second-order valence-electron chi connectivity index (χ2n) is 9.56. The molecule has 0 radical (unpaired) electrons. The number of aromatic amines is 1. The molecule has 6 rings (SSSR count). The van der Waals surface area contributed by atoms with Gasteiger partial charge in [0.15, 0.2) is 0 Å². The number of benzene rings is 2. The first kappa shape index (κ1) is 21.0. The molecule has 0 aliphatic heterocycles. The first-order chi connectivity index (χ1) is 16.7. The molecule has 3 heterocycles. The molecule has 4 nitrogen and oxygen atoms in total. The molecule has 1 atom stereocenters. The second-order valence-corrected chi connectivity index (χ2v) is 9.56. The highest BCUT2D eigenvalue weighted by Gasteiger charge is 2.29. The van der Waals surface area contributed by atoms with Crippen LogP contribution in [0.25, 0.3) is 33.1 Å². The Morgan fingerprint density at radius 2 is 1.76 bits per heavy atom. The van der Waals surface area contributed by atoms with Crippen molar-refractivity contribution in [2.24, 2.45) is 5.92 Å². The van der Waals surface area contributed by atoms with Crippen molar-refractivity contribution in [1.29, 1.82) is 0 Å². The number of nitrogens with one attached hydrogen (secondary N) is 1. The van der Waals surface area contributed by atoms with Crippen molar-refractivity contribution in [2.45, 2.75) is 44.4 Å². The van der Waals surface area contributed by atoms with Crippen LogP contribution in [-0.2, 0) is 0 Å². The van der Waals surface area contributed by atoms with Gasteiger partial charge in [-0.2, -0.15) is 0 Å². The van der Waals surface area contributed by atoms with Crippen molar-refractivity contribution < 1.29 is 4.39 Å². The molecule has 1 aliphatic carbocycles. The fourth-order valence-electron chi connectivity index (χ4n) is 5.61. The van der Waals surface area contributed by atoms with Crippen LogP contribution in [0.3, 0.4) is 0 Å². The van der Waals surface area contributed by atoms with E-state index in [9.17, 15) is 4.39 Å². The third-order valence-corrected chi connectivity index (χ3v) is 7.58. The Bertz CT molecular complexity index is 1450. The number of rotatable bonds is 4. The van der Waals surface area contributed by atoms with E-state index in [1.54, 1.807) is 18.3 Å². The Morgan fingerprint density at radius 3 is 2.59 bits per heavy atom. The molecule has 5 aromatic rings. The molecule has 34 heavy (non-hydrogen) atoms. The summed E-state index contributed by atoms with van der Waals surface area (Å²) in [6, 6.07) is 17.4. The van der Waals surface area contributed by atoms with Crippen LogP contribution in [0.4, 0.5) is 4.39 Å². The smallest absolute Gasteiger partial charge is 0.123 e. The fourth-order valence-corrected chi connectivity index (χ4v) is 5.61. The van der Waals surface area contributed by atoms with Gasteiger partial charge in [-0.1, -0.05) is 19.1 Å². The predicted molar refractivity (Wildman–Crippen MR) is 134 cm³/mol. The molecule has 0 unspecified atom stereocenters. The van der Waals surface area contributed by atoms with Crippen molar-refractivity contribution in [1.82, 2.24) is 19.9 Å². The molecule has 2 aromatic carbocycles. The Labute approximate surface area is 198 Å². The number of imidazole rings is 1. The Hall–Kier alpha value is -3.60. The van der Waals surface area contributed by atoms with Crippen LogP contribution in [-0.4, -0.2) is 19.9 Å². The maximum atomic E-state index is 13.9. The number of fused-ring (bicyclic) bond motifs is 2. The molecular weight excluding hydrogens is 423 g/mol. The lowest BCUT2D eigenvalue weighted by molar-refractivity contribution is 0.286. The van der Waals surface area contributed by atoms with Gasteiger partial charge in [-0.25, -0.2) is 9.37 Å². The summed E-state index contributed by atoms with van der Waals surface area (Å²) in [5.41, 5.74) is 6.45. The molecule has 5 heteroatoms. The van der Waals surface area contributed by atoms with Crippen molar-refractivity contribution in [3.8, 4) is 11.1 Å². The maximum Gasteiger partial charge on any atom is 0.123 e. The molecule has 1 N–H and O–H groups in total. The number of pyridine rings is 2. The minimum atomic E-state index is -0.194. The van der Waals surface area contributed by atoms with Crippen molar-refractivity contribution >= 4 is 21.9 Å². The fraction of sp³-hybridized carbons (Fsp3) is 0.276. The number of halogens is 1. The summed E-state index contributed by atoms with van der Waals surface area (Å²) in [5.74, 6) is 2.27. The Balaban J connectivity index is 1.19. The maximum absolute atomic E-state index is 13.9. The first-order valence-electron chi connectivity index (χ1n) is 12.1. The second kappa shape index (κ2) is 8.64. The van der Waals surface area contributed by atoms with E-state index < -0.39 is 0 Å². The van der Waals surface area contributed by atoms with Gasteiger partial charge in [0.2, 0.25) is 0 Å². The van der Waals surface area contributed by atoms with E-state index in [1.807, 2.05) is 18.5 Å². The predicted octanol–water partition coefficient (Wildman–Crippen LogP) is 7.39. The highest BCUT2D eigenvalue weighted by atomic mass is 19.1. The van der Waals surface area contributed by atoms with Crippen LogP contribution >= 0.6 is 0 Å². The van der Waals surface area contributed by atoms with E-state index in [0.717, 1.165) is 64.6 Å². The summed E-state index contributed by atoms with van der Waals surface area (Å²) in [6.07, 6.45) is 10.0. The molecule has 0 bridgehead atoms. The summed E-state index contributed by atoms with van der Waals surface area (Å²) in [6.45, 7) is 2.29. The van der Waals surface area contributed by atoms with Gasteiger partial charge >= 0.3 is 0 Å². The van der Waals surface area contributed by atoms with Crippen LogP contribution in [0.15, 0.2) is 73.2 Å². The molecule has 0 amide bonds. The van der Waals surface area contributed by atoms with Gasteiger partial charge in [0, 0.05) is 35.5 Å². The molecule has 1 fully saturated rings. The van der Waals surface area contributed by atoms with Gasteiger partial charge in [-0.05, 0) is 91.1 Å². The standard InChI is InChI=1S/C29H27FN4/c1-18(29-33-27-10-8-21(15-28(27)34-29)22-3-2-13-31-17-22)19-4-6-20(7-5-19)24-12-14-32-26-11-9-23(30)16-25(24)26/h2-3,8-20H,4-7H2,1H3,(H,33,34)/t18-,19-,20+/m0/s1. The molecule has 0 saturated heterocycles. The molecule has 3 aromatic heterocycles. The lowest BCUT2D eigenvalue weighted by Gasteiger charge is -2.32. The van der Waals surface area contributed by atoms with Gasteiger partial charge in [-0.15, -0.1) is 0 Å². The van der Waals surface area contributed by atoms with Gasteiger partial charge in [-0.3, -0.25) is 9.97 Å². The van der Waals surface area contributed by atoms with E-state index in [1.165, 1.54) is 11.6 Å². The Morgan fingerprint density at radius 1 is 0.912 bits per heavy atom. The topological polar surface area (TPSA) is 54.5 Å². The molecule has 0 spiro atoms. The summed E-state index contributed by atoms with van der Waals surface area (Å²) >= 11 is 0. The minimum absolute atomic E-state index is 0.194. The molecule has 1 aliphatic rings. The van der Waals surface area contributed by atoms with Crippen LogP contribution in [0.5, 0.6) is 0 Å². The first-order valence-corrected chi connectivity index (χ1v) is 12.1. The summed E-state index contributed by atoms with van der Waals surface area (Å²) < 4.78 is 13.9. The zero-order valence-electron chi connectivity index (χ0n) is 19.2. The van der Waals surface area contributed by atoms with Crippen LogP contribution in [0.2, 0.25) is 0 Å². The number of hydrogen-bond acceptors (Lipinski definition) is 3. The quantitative estimate of drug-likeness (QED) is 0.311. The number of aromatic nitrogens is 4. The lowest BCUT2D eigenvalue weighted by Crippen LogP contribution is -2.19.